The second-order valence-electron chi connectivity index (χ2n) is 3.32. The van der Waals surface area contributed by atoms with Gasteiger partial charge >= 0.3 is 0 Å². The molecular formula is C10H17NO2. The Hall–Kier alpha value is -0.960. The van der Waals surface area contributed by atoms with Gasteiger partial charge in [0, 0.05) is 13.1 Å². The number of rotatable bonds is 3. The number of methoxy groups -OCH3 is 1. The highest BCUT2D eigenvalue weighted by Gasteiger charge is 2.19. The van der Waals surface area contributed by atoms with E-state index >= 15 is 0 Å². The number of ether oxygens (including phenoxy) is 1. The average Bonchev–Trinajstić information content (AvgIpc) is 2.15. The lowest BCUT2D eigenvalue weighted by atomic mass is 10.1. The number of aliphatic hydroxyl groups is 1. The quantitative estimate of drug-likeness (QED) is 0.525. The van der Waals surface area contributed by atoms with Gasteiger partial charge in [-0.25, -0.2) is 0 Å². The molecule has 1 unspecified atom stereocenters. The monoisotopic (exact) mass is 183 g/mol. The van der Waals surface area contributed by atoms with Crippen LogP contribution in [0.15, 0.2) is 24.6 Å². The number of aliphatic hydroxyl groups excluding tert-OH is 1. The number of hydrogen-bond acceptors (Lipinski definition) is 3. The predicted molar refractivity (Wildman–Crippen MR) is 52.1 cm³/mol. The lowest BCUT2D eigenvalue weighted by Gasteiger charge is -2.33. The summed E-state index contributed by atoms with van der Waals surface area (Å²) in [5, 5.41) is 9.43. The van der Waals surface area contributed by atoms with E-state index in [-0.39, 0.29) is 6.10 Å². The minimum atomic E-state index is -0.241. The second kappa shape index (κ2) is 4.33. The normalized spacial score (nSPS) is 22.6. The first kappa shape index (κ1) is 10.1. The van der Waals surface area contributed by atoms with Crippen molar-refractivity contribution in [3.63, 3.8) is 0 Å². The van der Waals surface area contributed by atoms with E-state index in [1.54, 1.807) is 7.11 Å². The number of likely N-dealkylation sites (tertiary alicyclic amines) is 1. The van der Waals surface area contributed by atoms with Crippen molar-refractivity contribution in [1.82, 2.24) is 4.90 Å². The van der Waals surface area contributed by atoms with Crippen LogP contribution < -0.4 is 0 Å². The van der Waals surface area contributed by atoms with Crippen LogP contribution in [0.3, 0.4) is 0 Å². The molecule has 0 aromatic carbocycles. The average molecular weight is 183 g/mol. The summed E-state index contributed by atoms with van der Waals surface area (Å²) in [6, 6.07) is 0. The highest BCUT2D eigenvalue weighted by molar-refractivity contribution is 5.18. The van der Waals surface area contributed by atoms with Gasteiger partial charge in [-0.1, -0.05) is 13.2 Å². The van der Waals surface area contributed by atoms with Gasteiger partial charge in [-0.2, -0.15) is 0 Å². The third-order valence-corrected chi connectivity index (χ3v) is 2.35. The van der Waals surface area contributed by atoms with E-state index in [4.69, 9.17) is 4.74 Å². The van der Waals surface area contributed by atoms with E-state index in [0.29, 0.717) is 12.3 Å². The van der Waals surface area contributed by atoms with E-state index in [0.717, 1.165) is 25.1 Å². The molecule has 0 radical (unpaired) electrons. The lowest BCUT2D eigenvalue weighted by Crippen LogP contribution is -2.37. The molecule has 1 N–H and O–H groups in total. The summed E-state index contributed by atoms with van der Waals surface area (Å²) in [5.74, 6) is 0.578. The maximum absolute atomic E-state index is 9.43. The molecule has 1 heterocycles. The van der Waals surface area contributed by atoms with Crippen molar-refractivity contribution in [3.05, 3.63) is 24.6 Å². The van der Waals surface area contributed by atoms with Crippen LogP contribution in [-0.2, 0) is 4.74 Å². The number of piperidine rings is 1. The van der Waals surface area contributed by atoms with Crippen molar-refractivity contribution < 1.29 is 9.84 Å². The summed E-state index contributed by atoms with van der Waals surface area (Å²) in [6.07, 6.45) is 1.63. The Morgan fingerprint density at radius 2 is 2.23 bits per heavy atom. The van der Waals surface area contributed by atoms with E-state index in [1.807, 2.05) is 4.90 Å². The van der Waals surface area contributed by atoms with Gasteiger partial charge in [-0.3, -0.25) is 0 Å². The van der Waals surface area contributed by atoms with Crippen molar-refractivity contribution in [2.45, 2.75) is 18.9 Å². The molecule has 0 amide bonds. The molecule has 0 bridgehead atoms. The molecule has 13 heavy (non-hydrogen) atoms. The van der Waals surface area contributed by atoms with Gasteiger partial charge in [0.25, 0.3) is 0 Å². The zero-order valence-electron chi connectivity index (χ0n) is 8.12. The molecule has 1 aliphatic heterocycles. The third kappa shape index (κ3) is 2.49. The van der Waals surface area contributed by atoms with E-state index in [2.05, 4.69) is 13.2 Å². The molecule has 0 saturated carbocycles. The Bertz CT molecular complexity index is 213. The Morgan fingerprint density at radius 1 is 1.54 bits per heavy atom. The summed E-state index contributed by atoms with van der Waals surface area (Å²) < 4.78 is 4.98. The maximum Gasteiger partial charge on any atom is 0.134 e. The summed E-state index contributed by atoms with van der Waals surface area (Å²) in [7, 11) is 1.58. The van der Waals surface area contributed by atoms with Crippen LogP contribution in [-0.4, -0.2) is 36.3 Å². The van der Waals surface area contributed by atoms with Crippen LogP contribution in [0.1, 0.15) is 12.8 Å². The van der Waals surface area contributed by atoms with E-state index < -0.39 is 0 Å². The molecule has 1 fully saturated rings. The van der Waals surface area contributed by atoms with Gasteiger partial charge < -0.3 is 14.7 Å². The molecule has 3 nitrogen and oxygen atoms in total. The SMILES string of the molecule is C=C(OC)C(=C)N1CCCC(O)C1. The zero-order valence-corrected chi connectivity index (χ0v) is 8.12. The Kier molecular flexibility index (Phi) is 3.37. The first-order valence-electron chi connectivity index (χ1n) is 4.50. The Labute approximate surface area is 79.3 Å². The van der Waals surface area contributed by atoms with Crippen LogP contribution in [0.25, 0.3) is 0 Å². The van der Waals surface area contributed by atoms with Crippen molar-refractivity contribution >= 4 is 0 Å². The maximum atomic E-state index is 9.43. The molecule has 74 valence electrons. The largest absolute Gasteiger partial charge is 0.495 e. The highest BCUT2D eigenvalue weighted by Crippen LogP contribution is 2.18. The second-order valence-corrected chi connectivity index (χ2v) is 3.32. The van der Waals surface area contributed by atoms with Gasteiger partial charge in [0.15, 0.2) is 0 Å². The standard InChI is InChI=1S/C10H17NO2/c1-8(9(2)13-3)11-6-4-5-10(12)7-11/h10,12H,1-2,4-7H2,3H3. The Morgan fingerprint density at radius 3 is 2.77 bits per heavy atom. The van der Waals surface area contributed by atoms with Crippen LogP contribution in [0.4, 0.5) is 0 Å². The molecule has 0 spiro atoms. The molecule has 0 aliphatic carbocycles. The van der Waals surface area contributed by atoms with Gasteiger partial charge in [0.2, 0.25) is 0 Å². The van der Waals surface area contributed by atoms with Gasteiger partial charge in [-0.05, 0) is 12.8 Å². The van der Waals surface area contributed by atoms with Crippen molar-refractivity contribution in [2.24, 2.45) is 0 Å². The predicted octanol–water partition coefficient (Wildman–Crippen LogP) is 1.12. The number of β-amino-alcohol motifs (C(OH)–C–C–N with tert-alkyl or cyclic N) is 1. The highest BCUT2D eigenvalue weighted by atomic mass is 16.5. The molecule has 1 aliphatic rings. The summed E-state index contributed by atoms with van der Waals surface area (Å²) >= 11 is 0. The summed E-state index contributed by atoms with van der Waals surface area (Å²) in [4.78, 5) is 2.01. The fourth-order valence-electron chi connectivity index (χ4n) is 1.49. The molecule has 1 rings (SSSR count). The summed E-state index contributed by atoms with van der Waals surface area (Å²) in [5.41, 5.74) is 0.779. The fourth-order valence-corrected chi connectivity index (χ4v) is 1.49. The minimum absolute atomic E-state index is 0.241. The van der Waals surface area contributed by atoms with Crippen LogP contribution in [0.2, 0.25) is 0 Å². The fraction of sp³-hybridized carbons (Fsp3) is 0.600. The molecule has 1 saturated heterocycles. The molecular weight excluding hydrogens is 166 g/mol. The molecule has 0 aromatic heterocycles. The lowest BCUT2D eigenvalue weighted by molar-refractivity contribution is 0.0850. The minimum Gasteiger partial charge on any atom is -0.495 e. The van der Waals surface area contributed by atoms with Crippen LogP contribution >= 0.6 is 0 Å². The molecule has 1 atom stereocenters. The van der Waals surface area contributed by atoms with Crippen molar-refractivity contribution in [2.75, 3.05) is 20.2 Å². The number of hydrogen-bond donors (Lipinski definition) is 1. The van der Waals surface area contributed by atoms with Crippen LogP contribution in [0, 0.1) is 0 Å². The molecule has 3 heteroatoms. The first-order valence-corrected chi connectivity index (χ1v) is 4.50. The number of nitrogens with zero attached hydrogens (tertiary/aromatic N) is 1. The third-order valence-electron chi connectivity index (χ3n) is 2.35. The van der Waals surface area contributed by atoms with Crippen LogP contribution in [0.5, 0.6) is 0 Å². The summed E-state index contributed by atoms with van der Waals surface area (Å²) in [6.45, 7) is 9.17. The molecule has 0 aromatic rings. The zero-order chi connectivity index (χ0) is 9.84. The van der Waals surface area contributed by atoms with E-state index in [9.17, 15) is 5.11 Å². The smallest absolute Gasteiger partial charge is 0.134 e. The first-order chi connectivity index (χ1) is 6.15. The van der Waals surface area contributed by atoms with Crippen molar-refractivity contribution in [3.8, 4) is 0 Å². The topological polar surface area (TPSA) is 32.7 Å². The van der Waals surface area contributed by atoms with Gasteiger partial charge in [-0.15, -0.1) is 0 Å². The van der Waals surface area contributed by atoms with E-state index in [1.165, 1.54) is 0 Å². The van der Waals surface area contributed by atoms with Gasteiger partial charge in [0.1, 0.15) is 5.76 Å². The van der Waals surface area contributed by atoms with Crippen molar-refractivity contribution in [1.29, 1.82) is 0 Å². The van der Waals surface area contributed by atoms with Gasteiger partial charge in [0.05, 0.1) is 18.9 Å². The Balaban J connectivity index is 2.51.